The minimum Gasteiger partial charge on any atom is -0.434 e. The molecule has 2 atom stereocenters. The summed E-state index contributed by atoms with van der Waals surface area (Å²) in [6, 6.07) is 4.19. The average Bonchev–Trinajstić information content (AvgIpc) is 2.94. The molecule has 1 saturated heterocycles. The molecule has 114 valence electrons. The van der Waals surface area contributed by atoms with Crippen LogP contribution < -0.4 is 5.32 Å². The van der Waals surface area contributed by atoms with Gasteiger partial charge in [0.15, 0.2) is 0 Å². The Morgan fingerprint density at radius 2 is 2.43 bits per heavy atom. The standard InChI is InChI=1S/C16H24BNO2S/c1-3-5-13(19)11-14-7-8-16(17-20-14)18-12(2)10-15-6-4-9-21-15/h4,6,9,14,16-18H,2-3,5,7-8,10-11H2,1H3. The molecule has 0 aliphatic carbocycles. The van der Waals surface area contributed by atoms with Crippen LogP contribution in [0.4, 0.5) is 0 Å². The first-order valence-electron chi connectivity index (χ1n) is 7.77. The monoisotopic (exact) mass is 305 g/mol. The van der Waals surface area contributed by atoms with Crippen LogP contribution in [-0.2, 0) is 15.9 Å². The van der Waals surface area contributed by atoms with Crippen LogP contribution in [0.25, 0.3) is 0 Å². The third-order valence-corrected chi connectivity index (χ3v) is 4.61. The molecule has 21 heavy (non-hydrogen) atoms. The molecular weight excluding hydrogens is 281 g/mol. The third-order valence-electron chi connectivity index (χ3n) is 3.73. The Balaban J connectivity index is 1.66. The average molecular weight is 305 g/mol. The van der Waals surface area contributed by atoms with Gasteiger partial charge in [-0.25, -0.2) is 0 Å². The van der Waals surface area contributed by atoms with E-state index in [1.807, 2.05) is 6.92 Å². The summed E-state index contributed by atoms with van der Waals surface area (Å²) in [6.07, 6.45) is 5.20. The molecule has 0 amide bonds. The highest BCUT2D eigenvalue weighted by molar-refractivity contribution is 7.09. The van der Waals surface area contributed by atoms with Gasteiger partial charge in [0.25, 0.3) is 7.48 Å². The lowest BCUT2D eigenvalue weighted by molar-refractivity contribution is -0.120. The molecule has 1 aliphatic heterocycles. The first-order chi connectivity index (χ1) is 10.2. The van der Waals surface area contributed by atoms with Gasteiger partial charge in [-0.1, -0.05) is 19.6 Å². The normalized spacial score (nSPS) is 21.6. The van der Waals surface area contributed by atoms with Crippen molar-refractivity contribution in [1.82, 2.24) is 5.32 Å². The molecule has 2 heterocycles. The molecule has 1 aromatic heterocycles. The number of hydrogen-bond donors (Lipinski definition) is 1. The van der Waals surface area contributed by atoms with E-state index in [9.17, 15) is 4.79 Å². The van der Waals surface area contributed by atoms with Gasteiger partial charge in [-0.3, -0.25) is 4.79 Å². The van der Waals surface area contributed by atoms with E-state index in [0.29, 0.717) is 32.0 Å². The largest absolute Gasteiger partial charge is 0.434 e. The third kappa shape index (κ3) is 5.67. The summed E-state index contributed by atoms with van der Waals surface area (Å²) >= 11 is 1.76. The molecule has 1 aliphatic rings. The van der Waals surface area contributed by atoms with E-state index in [4.69, 9.17) is 4.65 Å². The summed E-state index contributed by atoms with van der Waals surface area (Å²) in [7, 11) is 0.674. The SMILES string of the molecule is C=C(Cc1cccs1)NC1BOC(CC(=O)CCC)CC1. The first-order valence-corrected chi connectivity index (χ1v) is 8.65. The van der Waals surface area contributed by atoms with Gasteiger partial charge in [0.2, 0.25) is 0 Å². The van der Waals surface area contributed by atoms with Crippen molar-refractivity contribution in [2.75, 3.05) is 0 Å². The molecule has 1 N–H and O–H groups in total. The van der Waals surface area contributed by atoms with Gasteiger partial charge in [-0.05, 0) is 30.7 Å². The lowest BCUT2D eigenvalue weighted by atomic mass is 9.78. The minimum absolute atomic E-state index is 0.118. The van der Waals surface area contributed by atoms with E-state index < -0.39 is 0 Å². The Morgan fingerprint density at radius 3 is 3.05 bits per heavy atom. The molecule has 3 nitrogen and oxygen atoms in total. The molecule has 0 aromatic carbocycles. The Labute approximate surface area is 132 Å². The van der Waals surface area contributed by atoms with Gasteiger partial charge in [0, 0.05) is 41.9 Å². The zero-order chi connectivity index (χ0) is 15.1. The van der Waals surface area contributed by atoms with E-state index in [0.717, 1.165) is 31.4 Å². The lowest BCUT2D eigenvalue weighted by Crippen LogP contribution is -2.42. The molecule has 5 heteroatoms. The lowest BCUT2D eigenvalue weighted by Gasteiger charge is -2.29. The maximum absolute atomic E-state index is 11.6. The summed E-state index contributed by atoms with van der Waals surface area (Å²) in [5.74, 6) is 0.658. The van der Waals surface area contributed by atoms with Crippen LogP contribution in [0.5, 0.6) is 0 Å². The van der Waals surface area contributed by atoms with E-state index in [2.05, 4.69) is 29.4 Å². The number of rotatable bonds is 8. The van der Waals surface area contributed by atoms with Crippen LogP contribution in [0, 0.1) is 0 Å². The van der Waals surface area contributed by atoms with Crippen molar-refractivity contribution in [3.05, 3.63) is 34.7 Å². The fraction of sp³-hybridized carbons (Fsp3) is 0.562. The van der Waals surface area contributed by atoms with Crippen molar-refractivity contribution >= 4 is 24.6 Å². The fourth-order valence-corrected chi connectivity index (χ4v) is 3.43. The van der Waals surface area contributed by atoms with Crippen molar-refractivity contribution in [3.8, 4) is 0 Å². The predicted molar refractivity (Wildman–Crippen MR) is 89.9 cm³/mol. The Morgan fingerprint density at radius 1 is 1.57 bits per heavy atom. The highest BCUT2D eigenvalue weighted by Gasteiger charge is 2.24. The van der Waals surface area contributed by atoms with Crippen LogP contribution in [0.1, 0.15) is 43.9 Å². The number of carbonyl (C=O) groups is 1. The number of thiophene rings is 1. The predicted octanol–water partition coefficient (Wildman–Crippen LogP) is 3.01. The van der Waals surface area contributed by atoms with Gasteiger partial charge in [0.05, 0.1) is 0 Å². The molecule has 0 bridgehead atoms. The molecule has 0 radical (unpaired) electrons. The summed E-state index contributed by atoms with van der Waals surface area (Å²) in [6.45, 7) is 6.14. The quantitative estimate of drug-likeness (QED) is 0.750. The van der Waals surface area contributed by atoms with Crippen LogP contribution in [-0.4, -0.2) is 25.3 Å². The van der Waals surface area contributed by atoms with Gasteiger partial charge in [-0.2, -0.15) is 0 Å². The molecule has 0 spiro atoms. The number of carbonyl (C=O) groups excluding carboxylic acids is 1. The number of hydrogen-bond acceptors (Lipinski definition) is 4. The van der Waals surface area contributed by atoms with E-state index in [1.165, 1.54) is 4.88 Å². The Kier molecular flexibility index (Phi) is 6.52. The second-order valence-corrected chi connectivity index (χ2v) is 6.76. The van der Waals surface area contributed by atoms with Gasteiger partial charge in [0.1, 0.15) is 5.78 Å². The number of Topliss-reactive ketones (excluding diaryl/α,β-unsaturated/α-hetero) is 1. The van der Waals surface area contributed by atoms with Crippen molar-refractivity contribution in [1.29, 1.82) is 0 Å². The highest BCUT2D eigenvalue weighted by Crippen LogP contribution is 2.18. The van der Waals surface area contributed by atoms with E-state index >= 15 is 0 Å². The summed E-state index contributed by atoms with van der Waals surface area (Å²) in [5.41, 5.74) is 1.05. The second-order valence-electron chi connectivity index (χ2n) is 5.73. The number of ketones is 1. The van der Waals surface area contributed by atoms with Crippen molar-refractivity contribution in [2.45, 2.75) is 57.5 Å². The maximum atomic E-state index is 11.6. The highest BCUT2D eigenvalue weighted by atomic mass is 32.1. The smallest absolute Gasteiger partial charge is 0.297 e. The van der Waals surface area contributed by atoms with Crippen LogP contribution in [0.15, 0.2) is 29.8 Å². The number of nitrogens with one attached hydrogen (secondary N) is 1. The Hall–Kier alpha value is -1.07. The molecular formula is C16H24BNO2S. The van der Waals surface area contributed by atoms with Crippen LogP contribution in [0.3, 0.4) is 0 Å². The summed E-state index contributed by atoms with van der Waals surface area (Å²) in [4.78, 5) is 13.0. The summed E-state index contributed by atoms with van der Waals surface area (Å²) in [5, 5.41) is 5.55. The van der Waals surface area contributed by atoms with Crippen LogP contribution >= 0.6 is 11.3 Å². The molecule has 2 unspecified atom stereocenters. The van der Waals surface area contributed by atoms with Crippen LogP contribution in [0.2, 0.25) is 0 Å². The molecule has 1 aromatic rings. The van der Waals surface area contributed by atoms with Gasteiger partial charge >= 0.3 is 0 Å². The topological polar surface area (TPSA) is 38.3 Å². The second kappa shape index (κ2) is 8.40. The fourth-order valence-electron chi connectivity index (χ4n) is 2.68. The van der Waals surface area contributed by atoms with Gasteiger partial charge < -0.3 is 9.97 Å². The number of allylic oxidation sites excluding steroid dienone is 1. The molecule has 1 fully saturated rings. The molecule has 2 rings (SSSR count). The zero-order valence-corrected chi connectivity index (χ0v) is 13.6. The van der Waals surface area contributed by atoms with E-state index in [-0.39, 0.29) is 6.10 Å². The Bertz CT molecular complexity index is 453. The first kappa shape index (κ1) is 16.3. The van der Waals surface area contributed by atoms with Crippen molar-refractivity contribution in [3.63, 3.8) is 0 Å². The van der Waals surface area contributed by atoms with Crippen molar-refractivity contribution < 1.29 is 9.45 Å². The molecule has 0 saturated carbocycles. The summed E-state index contributed by atoms with van der Waals surface area (Å²) < 4.78 is 5.82. The van der Waals surface area contributed by atoms with Crippen molar-refractivity contribution in [2.24, 2.45) is 0 Å². The minimum atomic E-state index is 0.118. The van der Waals surface area contributed by atoms with Gasteiger partial charge in [-0.15, -0.1) is 11.3 Å². The van der Waals surface area contributed by atoms with E-state index in [1.54, 1.807) is 11.3 Å². The maximum Gasteiger partial charge on any atom is 0.297 e. The zero-order valence-electron chi connectivity index (χ0n) is 12.8.